The Kier molecular flexibility index (Phi) is 6.81. The molecule has 0 saturated heterocycles. The third-order valence-electron chi connectivity index (χ3n) is 4.16. The van der Waals surface area contributed by atoms with Crippen molar-refractivity contribution in [3.63, 3.8) is 0 Å². The van der Waals surface area contributed by atoms with Crippen LogP contribution in [-0.2, 0) is 19.7 Å². The predicted molar refractivity (Wildman–Crippen MR) is 111 cm³/mol. The minimum Gasteiger partial charge on any atom is -0.355 e. The average molecular weight is 439 g/mol. The van der Waals surface area contributed by atoms with Gasteiger partial charge in [-0.25, -0.2) is 16.8 Å². The molecule has 0 aliphatic heterocycles. The maximum atomic E-state index is 12.8. The molecule has 0 heterocycles. The smallest absolute Gasteiger partial charge is 0.256 e. The van der Waals surface area contributed by atoms with Gasteiger partial charge in [0.05, 0.1) is 22.0 Å². The van der Waals surface area contributed by atoms with Gasteiger partial charge in [0.15, 0.2) is 9.84 Å². The molecule has 2 N–H and O–H groups in total. The summed E-state index contributed by atoms with van der Waals surface area (Å²) in [6.07, 6.45) is 0.948. The largest absolute Gasteiger partial charge is 0.355 e. The fraction of sp³-hybridized carbons (Fsp3) is 0.263. The molecule has 0 radical (unpaired) electrons. The van der Waals surface area contributed by atoms with Crippen molar-refractivity contribution in [3.05, 3.63) is 59.2 Å². The third kappa shape index (κ3) is 5.88. The molecule has 156 valence electrons. The van der Waals surface area contributed by atoms with E-state index in [-0.39, 0.29) is 16.4 Å². The summed E-state index contributed by atoms with van der Waals surface area (Å²) < 4.78 is 47.9. The van der Waals surface area contributed by atoms with Crippen LogP contribution in [0.3, 0.4) is 0 Å². The Hall–Kier alpha value is -2.72. The van der Waals surface area contributed by atoms with Crippen molar-refractivity contribution in [3.8, 4) is 0 Å². The molecule has 2 rings (SSSR count). The van der Waals surface area contributed by atoms with Crippen LogP contribution in [0.5, 0.6) is 0 Å². The second-order valence-electron chi connectivity index (χ2n) is 6.51. The van der Waals surface area contributed by atoms with Gasteiger partial charge in [0, 0.05) is 24.6 Å². The molecule has 2 aromatic rings. The third-order valence-corrected chi connectivity index (χ3v) is 7.14. The van der Waals surface area contributed by atoms with Crippen LogP contribution < -0.4 is 10.6 Å². The fourth-order valence-corrected chi connectivity index (χ4v) is 5.62. The van der Waals surface area contributed by atoms with Gasteiger partial charge in [-0.3, -0.25) is 9.59 Å². The zero-order valence-corrected chi connectivity index (χ0v) is 17.9. The van der Waals surface area contributed by atoms with Gasteiger partial charge in [-0.1, -0.05) is 18.2 Å². The van der Waals surface area contributed by atoms with Crippen LogP contribution in [-0.4, -0.2) is 53.5 Å². The zero-order valence-electron chi connectivity index (χ0n) is 16.2. The molecule has 8 nitrogen and oxygen atoms in total. The molecule has 2 aromatic carbocycles. The second kappa shape index (κ2) is 8.75. The lowest BCUT2D eigenvalue weighted by Gasteiger charge is -2.13. The van der Waals surface area contributed by atoms with Crippen molar-refractivity contribution < 1.29 is 26.4 Å². The maximum Gasteiger partial charge on any atom is 0.256 e. The molecule has 0 fully saturated rings. The van der Waals surface area contributed by atoms with Crippen LogP contribution in [0.2, 0.25) is 0 Å². The van der Waals surface area contributed by atoms with Gasteiger partial charge in [-0.05, 0) is 36.8 Å². The molecule has 0 atom stereocenters. The Morgan fingerprint density at radius 3 is 2.21 bits per heavy atom. The van der Waals surface area contributed by atoms with Crippen molar-refractivity contribution >= 4 is 37.2 Å². The highest BCUT2D eigenvalue weighted by Crippen LogP contribution is 2.22. The van der Waals surface area contributed by atoms with Gasteiger partial charge in [0.2, 0.25) is 0 Å². The first kappa shape index (κ1) is 22.6. The number of amides is 2. The molecular formula is C19H22N2O6S2. The monoisotopic (exact) mass is 438 g/mol. The van der Waals surface area contributed by atoms with E-state index >= 15 is 0 Å². The summed E-state index contributed by atoms with van der Waals surface area (Å²) in [6.45, 7) is 1.73. The molecule has 0 saturated carbocycles. The molecule has 10 heteroatoms. The number of sulfone groups is 2. The van der Waals surface area contributed by atoms with E-state index in [2.05, 4.69) is 10.6 Å². The molecular weight excluding hydrogens is 416 g/mol. The van der Waals surface area contributed by atoms with E-state index in [1.54, 1.807) is 19.1 Å². The Labute approximate surface area is 170 Å². The molecule has 0 spiro atoms. The number of carbonyl (C=O) groups excluding carboxylic acids is 2. The summed E-state index contributed by atoms with van der Waals surface area (Å²) >= 11 is 0. The van der Waals surface area contributed by atoms with Gasteiger partial charge in [0.25, 0.3) is 11.8 Å². The van der Waals surface area contributed by atoms with Gasteiger partial charge < -0.3 is 10.6 Å². The Morgan fingerprint density at radius 1 is 0.931 bits per heavy atom. The van der Waals surface area contributed by atoms with Crippen molar-refractivity contribution in [1.82, 2.24) is 5.32 Å². The number of rotatable bonds is 7. The van der Waals surface area contributed by atoms with Crippen LogP contribution in [0.4, 0.5) is 5.69 Å². The van der Waals surface area contributed by atoms with Crippen molar-refractivity contribution in [2.45, 2.75) is 11.8 Å². The fourth-order valence-electron chi connectivity index (χ4n) is 2.53. The lowest BCUT2D eigenvalue weighted by molar-refractivity contribution is 0.0961. The highest BCUT2D eigenvalue weighted by Gasteiger charge is 2.24. The van der Waals surface area contributed by atoms with Crippen LogP contribution in [0, 0.1) is 6.92 Å². The molecule has 2 amide bonds. The number of hydrogen-bond donors (Lipinski definition) is 2. The van der Waals surface area contributed by atoms with E-state index in [1.165, 1.54) is 37.4 Å². The first-order valence-corrected chi connectivity index (χ1v) is 12.3. The molecule has 0 aliphatic rings. The summed E-state index contributed by atoms with van der Waals surface area (Å²) in [4.78, 5) is 24.4. The minimum atomic E-state index is -4.00. The van der Waals surface area contributed by atoms with Crippen molar-refractivity contribution in [2.24, 2.45) is 0 Å². The van der Waals surface area contributed by atoms with Crippen molar-refractivity contribution in [1.29, 1.82) is 0 Å². The summed E-state index contributed by atoms with van der Waals surface area (Å²) in [5.41, 5.74) is 1.27. The van der Waals surface area contributed by atoms with Gasteiger partial charge >= 0.3 is 0 Å². The normalized spacial score (nSPS) is 11.7. The first-order chi connectivity index (χ1) is 13.4. The molecule has 0 bridgehead atoms. The number of carbonyl (C=O) groups is 2. The maximum absolute atomic E-state index is 12.8. The lowest BCUT2D eigenvalue weighted by atomic mass is 10.1. The molecule has 0 aromatic heterocycles. The number of anilines is 1. The summed E-state index contributed by atoms with van der Waals surface area (Å²) in [7, 11) is -6.00. The van der Waals surface area contributed by atoms with Gasteiger partial charge in [-0.2, -0.15) is 0 Å². The Morgan fingerprint density at radius 2 is 1.59 bits per heavy atom. The average Bonchev–Trinajstić information content (AvgIpc) is 2.67. The number of hydrogen-bond acceptors (Lipinski definition) is 6. The van der Waals surface area contributed by atoms with Crippen LogP contribution in [0.15, 0.2) is 47.4 Å². The number of nitrogens with one attached hydrogen (secondary N) is 2. The van der Waals surface area contributed by atoms with Gasteiger partial charge in [0.1, 0.15) is 9.84 Å². The lowest BCUT2D eigenvalue weighted by Crippen LogP contribution is -2.22. The van der Waals surface area contributed by atoms with E-state index in [4.69, 9.17) is 0 Å². The first-order valence-electron chi connectivity index (χ1n) is 8.58. The van der Waals surface area contributed by atoms with Crippen LogP contribution in [0.1, 0.15) is 26.3 Å². The minimum absolute atomic E-state index is 0.106. The topological polar surface area (TPSA) is 126 Å². The van der Waals surface area contributed by atoms with Gasteiger partial charge in [-0.15, -0.1) is 0 Å². The van der Waals surface area contributed by atoms with E-state index in [9.17, 15) is 26.4 Å². The molecule has 29 heavy (non-hydrogen) atoms. The summed E-state index contributed by atoms with van der Waals surface area (Å²) in [5.74, 6) is -2.18. The van der Waals surface area contributed by atoms with E-state index < -0.39 is 37.1 Å². The molecule has 0 unspecified atom stereocenters. The second-order valence-corrected chi connectivity index (χ2v) is 10.8. The zero-order chi connectivity index (χ0) is 21.8. The Balaban J connectivity index is 2.37. The van der Waals surface area contributed by atoms with Crippen LogP contribution in [0.25, 0.3) is 0 Å². The summed E-state index contributed by atoms with van der Waals surface area (Å²) in [5, 5.41) is 5.12. The molecule has 0 aliphatic carbocycles. The highest BCUT2D eigenvalue weighted by atomic mass is 32.2. The SMILES string of the molecule is CNC(=O)c1ccc(C)c(NC(=O)c2ccccc2S(=O)(=O)CCS(C)(=O)=O)c1. The van der Waals surface area contributed by atoms with E-state index in [0.717, 1.165) is 6.26 Å². The van der Waals surface area contributed by atoms with Crippen LogP contribution >= 0.6 is 0 Å². The Bertz CT molecular complexity index is 1150. The predicted octanol–water partition coefficient (Wildman–Crippen LogP) is 1.43. The quantitative estimate of drug-likeness (QED) is 0.673. The summed E-state index contributed by atoms with van der Waals surface area (Å²) in [6, 6.07) is 10.3. The standard InChI is InChI=1S/C19H22N2O6S2/c1-13-8-9-14(18(22)20-2)12-16(13)21-19(23)15-6-4-5-7-17(15)29(26,27)11-10-28(3,24)25/h4-9,12H,10-11H2,1-3H3,(H,20,22)(H,21,23). The van der Waals surface area contributed by atoms with E-state index in [0.29, 0.717) is 16.8 Å². The number of benzene rings is 2. The van der Waals surface area contributed by atoms with E-state index in [1.807, 2.05) is 0 Å². The van der Waals surface area contributed by atoms with Crippen molar-refractivity contribution in [2.75, 3.05) is 30.1 Å². The number of aryl methyl sites for hydroxylation is 1. The highest BCUT2D eigenvalue weighted by molar-refractivity contribution is 7.94.